The maximum Gasteiger partial charge on any atom is 0.251 e. The molecule has 1 aromatic heterocycles. The van der Waals surface area contributed by atoms with Gasteiger partial charge in [-0.2, -0.15) is 0 Å². The summed E-state index contributed by atoms with van der Waals surface area (Å²) >= 11 is 1.65. The van der Waals surface area contributed by atoms with Crippen LogP contribution in [0.25, 0.3) is 6.08 Å². The molecule has 0 bridgehead atoms. The highest BCUT2D eigenvalue weighted by atomic mass is 32.1. The van der Waals surface area contributed by atoms with Crippen LogP contribution in [0.15, 0.2) is 47.9 Å². The van der Waals surface area contributed by atoms with Crippen molar-refractivity contribution in [3.8, 4) is 0 Å². The van der Waals surface area contributed by atoms with Crippen molar-refractivity contribution < 1.29 is 4.79 Å². The highest BCUT2D eigenvalue weighted by Crippen LogP contribution is 2.10. The first-order chi connectivity index (χ1) is 9.65. The SMILES string of the molecule is CC(C)C=Cc1ccc(C(=O)NCc2cccs2)cc1. The third kappa shape index (κ3) is 4.35. The summed E-state index contributed by atoms with van der Waals surface area (Å²) in [5.41, 5.74) is 1.82. The van der Waals surface area contributed by atoms with Gasteiger partial charge in [0.15, 0.2) is 0 Å². The molecule has 0 fully saturated rings. The number of carbonyl (C=O) groups excluding carboxylic acids is 1. The van der Waals surface area contributed by atoms with Crippen LogP contribution in [0.4, 0.5) is 0 Å². The Hall–Kier alpha value is -1.87. The van der Waals surface area contributed by atoms with Crippen molar-refractivity contribution in [2.24, 2.45) is 5.92 Å². The molecule has 0 saturated heterocycles. The summed E-state index contributed by atoms with van der Waals surface area (Å²) in [4.78, 5) is 13.2. The van der Waals surface area contributed by atoms with Crippen molar-refractivity contribution in [3.63, 3.8) is 0 Å². The minimum Gasteiger partial charge on any atom is -0.347 e. The molecule has 1 heterocycles. The average Bonchev–Trinajstić information content (AvgIpc) is 2.96. The van der Waals surface area contributed by atoms with E-state index in [1.807, 2.05) is 41.8 Å². The van der Waals surface area contributed by atoms with Crippen molar-refractivity contribution >= 4 is 23.3 Å². The molecule has 2 rings (SSSR count). The number of allylic oxidation sites excluding steroid dienone is 1. The van der Waals surface area contributed by atoms with Gasteiger partial charge in [-0.05, 0) is 35.1 Å². The molecule has 104 valence electrons. The minimum absolute atomic E-state index is 0.0298. The first kappa shape index (κ1) is 14.5. The van der Waals surface area contributed by atoms with E-state index in [2.05, 4.69) is 31.3 Å². The van der Waals surface area contributed by atoms with Gasteiger partial charge >= 0.3 is 0 Å². The summed E-state index contributed by atoms with van der Waals surface area (Å²) in [5, 5.41) is 4.94. The van der Waals surface area contributed by atoms with Gasteiger partial charge in [-0.25, -0.2) is 0 Å². The second-order valence-electron chi connectivity index (χ2n) is 4.99. The molecule has 0 saturated carbocycles. The van der Waals surface area contributed by atoms with Gasteiger partial charge in [0.25, 0.3) is 5.91 Å². The molecule has 3 heteroatoms. The molecule has 1 amide bonds. The number of thiophene rings is 1. The van der Waals surface area contributed by atoms with E-state index in [4.69, 9.17) is 0 Å². The molecular formula is C17H19NOS. The Balaban J connectivity index is 1.93. The second-order valence-corrected chi connectivity index (χ2v) is 6.02. The van der Waals surface area contributed by atoms with E-state index in [9.17, 15) is 4.79 Å². The second kappa shape index (κ2) is 7.06. The van der Waals surface area contributed by atoms with Crippen LogP contribution < -0.4 is 5.32 Å². The van der Waals surface area contributed by atoms with Gasteiger partial charge in [0, 0.05) is 10.4 Å². The van der Waals surface area contributed by atoms with Crippen LogP contribution in [0.3, 0.4) is 0 Å². The third-order valence-corrected chi connectivity index (χ3v) is 3.73. The molecule has 0 aliphatic rings. The summed E-state index contributed by atoms with van der Waals surface area (Å²) in [6.45, 7) is 4.87. The van der Waals surface area contributed by atoms with E-state index in [0.29, 0.717) is 18.0 Å². The van der Waals surface area contributed by atoms with Crippen LogP contribution in [-0.4, -0.2) is 5.91 Å². The summed E-state index contributed by atoms with van der Waals surface area (Å²) in [7, 11) is 0. The zero-order valence-corrected chi connectivity index (χ0v) is 12.6. The Kier molecular flexibility index (Phi) is 5.13. The molecule has 20 heavy (non-hydrogen) atoms. The fraction of sp³-hybridized carbons (Fsp3) is 0.235. The number of benzene rings is 1. The number of rotatable bonds is 5. The standard InChI is InChI=1S/C17H19NOS/c1-13(2)5-6-14-7-9-15(10-8-14)17(19)18-12-16-4-3-11-20-16/h3-11,13H,12H2,1-2H3,(H,18,19). The van der Waals surface area contributed by atoms with Crippen molar-refractivity contribution in [2.75, 3.05) is 0 Å². The maximum absolute atomic E-state index is 12.0. The van der Waals surface area contributed by atoms with Crippen LogP contribution in [0, 0.1) is 5.92 Å². The number of nitrogens with one attached hydrogen (secondary N) is 1. The highest BCUT2D eigenvalue weighted by molar-refractivity contribution is 7.09. The van der Waals surface area contributed by atoms with E-state index >= 15 is 0 Å². The zero-order chi connectivity index (χ0) is 14.4. The zero-order valence-electron chi connectivity index (χ0n) is 11.8. The van der Waals surface area contributed by atoms with Crippen molar-refractivity contribution in [2.45, 2.75) is 20.4 Å². The molecule has 0 aliphatic carbocycles. The Morgan fingerprint density at radius 3 is 2.60 bits per heavy atom. The van der Waals surface area contributed by atoms with Crippen LogP contribution in [0.5, 0.6) is 0 Å². The van der Waals surface area contributed by atoms with E-state index in [-0.39, 0.29) is 5.91 Å². The topological polar surface area (TPSA) is 29.1 Å². The molecule has 0 atom stereocenters. The molecule has 2 aromatic rings. The van der Waals surface area contributed by atoms with Crippen molar-refractivity contribution in [3.05, 3.63) is 63.9 Å². The predicted octanol–water partition coefficient (Wildman–Crippen LogP) is 4.35. The van der Waals surface area contributed by atoms with Crippen LogP contribution in [0.1, 0.15) is 34.6 Å². The number of amides is 1. The summed E-state index contributed by atoms with van der Waals surface area (Å²) in [6.07, 6.45) is 4.23. The Morgan fingerprint density at radius 1 is 1.25 bits per heavy atom. The fourth-order valence-electron chi connectivity index (χ4n) is 1.73. The van der Waals surface area contributed by atoms with Gasteiger partial charge in [-0.1, -0.05) is 44.2 Å². The summed E-state index contributed by atoms with van der Waals surface area (Å²) in [5.74, 6) is 0.501. The number of carbonyl (C=O) groups is 1. The lowest BCUT2D eigenvalue weighted by Gasteiger charge is -2.04. The minimum atomic E-state index is -0.0298. The highest BCUT2D eigenvalue weighted by Gasteiger charge is 2.04. The fourth-order valence-corrected chi connectivity index (χ4v) is 2.38. The first-order valence-corrected chi connectivity index (χ1v) is 7.62. The molecule has 1 N–H and O–H groups in total. The maximum atomic E-state index is 12.0. The molecule has 0 aliphatic heterocycles. The van der Waals surface area contributed by atoms with Crippen LogP contribution in [0.2, 0.25) is 0 Å². The quantitative estimate of drug-likeness (QED) is 0.869. The molecular weight excluding hydrogens is 266 g/mol. The largest absolute Gasteiger partial charge is 0.347 e. The van der Waals surface area contributed by atoms with Crippen LogP contribution >= 0.6 is 11.3 Å². The van der Waals surface area contributed by atoms with Crippen molar-refractivity contribution in [1.82, 2.24) is 5.32 Å². The summed E-state index contributed by atoms with van der Waals surface area (Å²) in [6, 6.07) is 11.7. The third-order valence-electron chi connectivity index (χ3n) is 2.85. The molecule has 0 radical (unpaired) electrons. The summed E-state index contributed by atoms with van der Waals surface area (Å²) < 4.78 is 0. The van der Waals surface area contributed by atoms with Gasteiger partial charge in [0.05, 0.1) is 6.54 Å². The number of hydrogen-bond donors (Lipinski definition) is 1. The van der Waals surface area contributed by atoms with Gasteiger partial charge in [0.2, 0.25) is 0 Å². The van der Waals surface area contributed by atoms with Crippen LogP contribution in [-0.2, 0) is 6.54 Å². The lowest BCUT2D eigenvalue weighted by molar-refractivity contribution is 0.0951. The smallest absolute Gasteiger partial charge is 0.251 e. The monoisotopic (exact) mass is 285 g/mol. The Morgan fingerprint density at radius 2 is 2.00 bits per heavy atom. The number of hydrogen-bond acceptors (Lipinski definition) is 2. The van der Waals surface area contributed by atoms with E-state index < -0.39 is 0 Å². The van der Waals surface area contributed by atoms with Crippen molar-refractivity contribution in [1.29, 1.82) is 0 Å². The van der Waals surface area contributed by atoms with Gasteiger partial charge < -0.3 is 5.32 Å². The molecule has 0 unspecified atom stereocenters. The Labute approximate surface area is 124 Å². The Bertz CT molecular complexity index is 568. The van der Waals surface area contributed by atoms with E-state index in [0.717, 1.165) is 10.4 Å². The molecule has 0 spiro atoms. The molecule has 2 nitrogen and oxygen atoms in total. The van der Waals surface area contributed by atoms with Gasteiger partial charge in [-0.3, -0.25) is 4.79 Å². The average molecular weight is 285 g/mol. The van der Waals surface area contributed by atoms with Gasteiger partial charge in [-0.15, -0.1) is 11.3 Å². The van der Waals surface area contributed by atoms with E-state index in [1.54, 1.807) is 11.3 Å². The lowest BCUT2D eigenvalue weighted by Crippen LogP contribution is -2.22. The van der Waals surface area contributed by atoms with Gasteiger partial charge in [0.1, 0.15) is 0 Å². The predicted molar refractivity (Wildman–Crippen MR) is 85.8 cm³/mol. The normalized spacial score (nSPS) is 11.2. The molecule has 1 aromatic carbocycles. The lowest BCUT2D eigenvalue weighted by atomic mass is 10.1. The van der Waals surface area contributed by atoms with E-state index in [1.165, 1.54) is 0 Å². The first-order valence-electron chi connectivity index (χ1n) is 6.74.